The first-order chi connectivity index (χ1) is 8.74. The molecular formula is C15H20ClNO2. The molecule has 4 rings (SSSR count). The van der Waals surface area contributed by atoms with Crippen LogP contribution in [-0.2, 0) is 4.74 Å². The maximum absolute atomic E-state index is 12.0. The van der Waals surface area contributed by atoms with Gasteiger partial charge in [-0.05, 0) is 37.8 Å². The molecule has 0 spiro atoms. The maximum Gasteiger partial charge on any atom is 0.339 e. The van der Waals surface area contributed by atoms with Crippen molar-refractivity contribution in [2.75, 3.05) is 6.54 Å². The van der Waals surface area contributed by atoms with E-state index in [0.717, 1.165) is 18.9 Å². The van der Waals surface area contributed by atoms with E-state index in [-0.39, 0.29) is 24.6 Å². The van der Waals surface area contributed by atoms with E-state index in [1.165, 1.54) is 12.8 Å². The Kier molecular flexibility index (Phi) is 4.48. The van der Waals surface area contributed by atoms with Crippen molar-refractivity contribution in [3.05, 3.63) is 35.9 Å². The highest BCUT2D eigenvalue weighted by molar-refractivity contribution is 5.89. The Hall–Kier alpha value is -1.06. The first-order valence-corrected chi connectivity index (χ1v) is 6.76. The first kappa shape index (κ1) is 14.4. The van der Waals surface area contributed by atoms with Gasteiger partial charge in [-0.3, -0.25) is 4.90 Å². The van der Waals surface area contributed by atoms with Crippen LogP contribution in [0.5, 0.6) is 0 Å². The zero-order valence-electron chi connectivity index (χ0n) is 11.1. The lowest BCUT2D eigenvalue weighted by molar-refractivity contribution is -0.113. The molecule has 3 fully saturated rings. The molecule has 4 unspecified atom stereocenters. The predicted molar refractivity (Wildman–Crippen MR) is 76.4 cm³/mol. The number of nitrogens with zero attached hydrogens (tertiary/aromatic N) is 1. The van der Waals surface area contributed by atoms with Gasteiger partial charge in [-0.25, -0.2) is 4.79 Å². The summed E-state index contributed by atoms with van der Waals surface area (Å²) < 4.78 is 5.67. The Labute approximate surface area is 120 Å². The fourth-order valence-electron chi connectivity index (χ4n) is 3.23. The molecule has 19 heavy (non-hydrogen) atoms. The molecule has 1 aromatic rings. The summed E-state index contributed by atoms with van der Waals surface area (Å²) in [7, 11) is 0. The smallest absolute Gasteiger partial charge is 0.339 e. The number of carbonyl (C=O) groups is 1. The molecule has 2 bridgehead atoms. The van der Waals surface area contributed by atoms with Crippen LogP contribution in [-0.4, -0.2) is 29.7 Å². The minimum Gasteiger partial charge on any atom is -0.443 e. The molecule has 0 radical (unpaired) electrons. The largest absolute Gasteiger partial charge is 0.443 e. The number of ether oxygens (including phenoxy) is 1. The Bertz CT molecular complexity index is 437. The van der Waals surface area contributed by atoms with Gasteiger partial charge in [0.2, 0.25) is 0 Å². The van der Waals surface area contributed by atoms with Crippen LogP contribution in [0.15, 0.2) is 30.3 Å². The number of carbonyl (C=O) groups excluding carboxylic acids is 1. The third-order valence-electron chi connectivity index (χ3n) is 4.19. The fraction of sp³-hybridized carbons (Fsp3) is 0.533. The number of esters is 1. The number of fused-ring (bicyclic) bond motifs is 3. The van der Waals surface area contributed by atoms with E-state index >= 15 is 0 Å². The van der Waals surface area contributed by atoms with E-state index in [0.29, 0.717) is 11.6 Å². The highest BCUT2D eigenvalue weighted by Gasteiger charge is 2.39. The summed E-state index contributed by atoms with van der Waals surface area (Å²) in [5.74, 6) is 0.541. The lowest BCUT2D eigenvalue weighted by Gasteiger charge is -2.48. The van der Waals surface area contributed by atoms with Crippen molar-refractivity contribution in [2.45, 2.75) is 38.5 Å². The average molecular weight is 282 g/mol. The lowest BCUT2D eigenvalue weighted by Crippen LogP contribution is -2.54. The van der Waals surface area contributed by atoms with Gasteiger partial charge in [0, 0.05) is 19.0 Å². The van der Waals surface area contributed by atoms with E-state index in [2.05, 4.69) is 11.8 Å². The van der Waals surface area contributed by atoms with Crippen molar-refractivity contribution in [1.29, 1.82) is 0 Å². The van der Waals surface area contributed by atoms with Crippen LogP contribution in [0.2, 0.25) is 0 Å². The number of hydrogen-bond acceptors (Lipinski definition) is 3. The van der Waals surface area contributed by atoms with Crippen LogP contribution in [0.4, 0.5) is 0 Å². The topological polar surface area (TPSA) is 29.5 Å². The van der Waals surface area contributed by atoms with Gasteiger partial charge in [0.1, 0.15) is 0 Å². The molecule has 0 saturated carbocycles. The molecule has 3 aliphatic heterocycles. The van der Waals surface area contributed by atoms with Crippen LogP contribution >= 0.6 is 12.4 Å². The van der Waals surface area contributed by atoms with Crippen molar-refractivity contribution in [3.63, 3.8) is 0 Å². The highest BCUT2D eigenvalue weighted by Crippen LogP contribution is 2.36. The summed E-state index contributed by atoms with van der Waals surface area (Å²) in [4.78, 5) is 14.4. The molecule has 4 heteroatoms. The van der Waals surface area contributed by atoms with Gasteiger partial charge in [-0.15, -0.1) is 12.4 Å². The Morgan fingerprint density at radius 1 is 1.26 bits per heavy atom. The van der Waals surface area contributed by atoms with Gasteiger partial charge in [0.15, 0.2) is 6.23 Å². The maximum atomic E-state index is 12.0. The normalized spacial score (nSPS) is 32.5. The van der Waals surface area contributed by atoms with Gasteiger partial charge < -0.3 is 4.74 Å². The standard InChI is InChI=1S/C15H19NO2.ClH/c1-11-9-12-7-8-16(11)14(10-12)18-15(17)13-5-3-2-4-6-13;/h2-6,11-12,14H,7-10H2,1H3;1H. The van der Waals surface area contributed by atoms with Gasteiger partial charge in [-0.1, -0.05) is 18.2 Å². The minimum absolute atomic E-state index is 0. The van der Waals surface area contributed by atoms with Crippen molar-refractivity contribution >= 4 is 18.4 Å². The molecule has 3 aliphatic rings. The van der Waals surface area contributed by atoms with E-state index in [4.69, 9.17) is 4.74 Å². The summed E-state index contributed by atoms with van der Waals surface area (Å²) in [6.45, 7) is 3.30. The fourth-order valence-corrected chi connectivity index (χ4v) is 3.23. The highest BCUT2D eigenvalue weighted by atomic mass is 35.5. The monoisotopic (exact) mass is 281 g/mol. The molecule has 0 N–H and O–H groups in total. The van der Waals surface area contributed by atoms with Crippen LogP contribution in [0, 0.1) is 5.92 Å². The molecule has 4 atom stereocenters. The van der Waals surface area contributed by atoms with Crippen molar-refractivity contribution < 1.29 is 9.53 Å². The second-order valence-electron chi connectivity index (χ2n) is 5.44. The van der Waals surface area contributed by atoms with E-state index in [9.17, 15) is 4.79 Å². The molecule has 0 aromatic heterocycles. The SMILES string of the molecule is CC1CC2CCN1C(OC(=O)c1ccccc1)C2.Cl. The quantitative estimate of drug-likeness (QED) is 0.780. The summed E-state index contributed by atoms with van der Waals surface area (Å²) >= 11 is 0. The van der Waals surface area contributed by atoms with Crippen molar-refractivity contribution in [3.8, 4) is 0 Å². The van der Waals surface area contributed by atoms with Crippen LogP contribution < -0.4 is 0 Å². The summed E-state index contributed by atoms with van der Waals surface area (Å²) in [5.41, 5.74) is 0.646. The average Bonchev–Trinajstić information content (AvgIpc) is 2.40. The third kappa shape index (κ3) is 2.93. The van der Waals surface area contributed by atoms with Crippen molar-refractivity contribution in [2.24, 2.45) is 5.92 Å². The molecule has 3 heterocycles. The Balaban J connectivity index is 0.00000133. The number of hydrogen-bond donors (Lipinski definition) is 0. The zero-order valence-corrected chi connectivity index (χ0v) is 11.9. The number of rotatable bonds is 2. The number of halogens is 1. The Morgan fingerprint density at radius 2 is 2.00 bits per heavy atom. The third-order valence-corrected chi connectivity index (χ3v) is 4.19. The van der Waals surface area contributed by atoms with Gasteiger partial charge in [-0.2, -0.15) is 0 Å². The number of benzene rings is 1. The van der Waals surface area contributed by atoms with E-state index in [1.54, 1.807) is 0 Å². The van der Waals surface area contributed by atoms with Crippen LogP contribution in [0.3, 0.4) is 0 Å². The molecule has 3 saturated heterocycles. The summed E-state index contributed by atoms with van der Waals surface area (Å²) in [5, 5.41) is 0. The van der Waals surface area contributed by atoms with Crippen LogP contribution in [0.1, 0.15) is 36.5 Å². The van der Waals surface area contributed by atoms with Crippen molar-refractivity contribution in [1.82, 2.24) is 4.90 Å². The predicted octanol–water partition coefficient (Wildman–Crippen LogP) is 3.10. The van der Waals surface area contributed by atoms with Gasteiger partial charge in [0.05, 0.1) is 5.56 Å². The van der Waals surface area contributed by atoms with Gasteiger partial charge >= 0.3 is 5.97 Å². The first-order valence-electron chi connectivity index (χ1n) is 6.76. The number of piperidine rings is 3. The molecule has 1 aromatic carbocycles. The molecule has 104 valence electrons. The minimum atomic E-state index is -0.194. The zero-order chi connectivity index (χ0) is 12.5. The molecular weight excluding hydrogens is 262 g/mol. The summed E-state index contributed by atoms with van der Waals surface area (Å²) in [6, 6.07) is 9.81. The van der Waals surface area contributed by atoms with E-state index < -0.39 is 0 Å². The second kappa shape index (κ2) is 5.93. The second-order valence-corrected chi connectivity index (χ2v) is 5.44. The molecule has 0 amide bonds. The van der Waals surface area contributed by atoms with Gasteiger partial charge in [0.25, 0.3) is 0 Å². The summed E-state index contributed by atoms with van der Waals surface area (Å²) in [6.07, 6.45) is 3.49. The van der Waals surface area contributed by atoms with E-state index in [1.807, 2.05) is 30.3 Å². The van der Waals surface area contributed by atoms with Crippen LogP contribution in [0.25, 0.3) is 0 Å². The lowest BCUT2D eigenvalue weighted by atomic mass is 9.83. The molecule has 0 aliphatic carbocycles. The molecule has 3 nitrogen and oxygen atoms in total. The Morgan fingerprint density at radius 3 is 2.63 bits per heavy atom.